The maximum absolute atomic E-state index is 6.04. The zero-order chi connectivity index (χ0) is 18.4. The van der Waals surface area contributed by atoms with Gasteiger partial charge in [-0.3, -0.25) is 0 Å². The van der Waals surface area contributed by atoms with Gasteiger partial charge in [0.25, 0.3) is 0 Å². The molecule has 2 aromatic rings. The van der Waals surface area contributed by atoms with Gasteiger partial charge in [-0.15, -0.1) is 0 Å². The van der Waals surface area contributed by atoms with Crippen LogP contribution in [0, 0.1) is 0 Å². The van der Waals surface area contributed by atoms with Gasteiger partial charge in [0.1, 0.15) is 5.82 Å². The lowest BCUT2D eigenvalue weighted by Gasteiger charge is -2.08. The van der Waals surface area contributed by atoms with Gasteiger partial charge in [-0.25, -0.2) is 4.98 Å². The lowest BCUT2D eigenvalue weighted by atomic mass is 10.1. The van der Waals surface area contributed by atoms with E-state index in [4.69, 9.17) is 26.1 Å². The van der Waals surface area contributed by atoms with Crippen LogP contribution in [0.25, 0.3) is 22.6 Å². The number of halogens is 1. The Morgan fingerprint density at radius 1 is 1.04 bits per heavy atom. The Kier molecular flexibility index (Phi) is 3.99. The van der Waals surface area contributed by atoms with Crippen LogP contribution in [0.15, 0.2) is 70.6 Å². The van der Waals surface area contributed by atoms with E-state index in [1.165, 1.54) is 0 Å². The number of benzene rings is 2. The highest BCUT2D eigenvalue weighted by molar-refractivity contribution is 7.99. The minimum Gasteiger partial charge on any atom is -0.454 e. The third kappa shape index (κ3) is 2.93. The number of ether oxygens (including phenoxy) is 2. The normalized spacial score (nSPS) is 12.7. The summed E-state index contributed by atoms with van der Waals surface area (Å²) < 4.78 is 13.0. The Morgan fingerprint density at radius 3 is 2.70 bits per heavy atom. The Labute approximate surface area is 166 Å². The average Bonchev–Trinajstić information content (AvgIpc) is 3.29. The average molecular weight is 395 g/mol. The van der Waals surface area contributed by atoms with Crippen LogP contribution in [-0.4, -0.2) is 16.3 Å². The monoisotopic (exact) mass is 394 g/mol. The minimum atomic E-state index is 0.260. The molecule has 3 aliphatic rings. The van der Waals surface area contributed by atoms with Crippen molar-refractivity contribution in [3.05, 3.63) is 65.8 Å². The predicted octanol–water partition coefficient (Wildman–Crippen LogP) is 5.73. The zero-order valence-corrected chi connectivity index (χ0v) is 16.1. The number of hydrogen-bond donors (Lipinski definition) is 0. The third-order valence-electron chi connectivity index (χ3n) is 4.50. The zero-order valence-electron chi connectivity index (χ0n) is 14.5. The summed E-state index contributed by atoms with van der Waals surface area (Å²) in [6, 6.07) is 18.0. The molecule has 0 atom stereocenters. The molecule has 0 N–H and O–H groups in total. The van der Waals surface area contributed by atoms with E-state index in [1.54, 1.807) is 11.8 Å². The van der Waals surface area contributed by atoms with E-state index < -0.39 is 0 Å². The first-order chi connectivity index (χ1) is 13.2. The Morgan fingerprint density at radius 2 is 1.85 bits per heavy atom. The van der Waals surface area contributed by atoms with Gasteiger partial charge >= 0.3 is 0 Å². The van der Waals surface area contributed by atoms with Crippen LogP contribution in [-0.2, 0) is 7.05 Å². The van der Waals surface area contributed by atoms with Crippen molar-refractivity contribution in [2.75, 3.05) is 6.79 Å². The first kappa shape index (κ1) is 16.5. The van der Waals surface area contributed by atoms with Crippen molar-refractivity contribution in [3.63, 3.8) is 0 Å². The number of nitrogens with zero attached hydrogens (tertiary/aromatic N) is 2. The molecule has 0 unspecified atom stereocenters. The van der Waals surface area contributed by atoms with Gasteiger partial charge in [-0.2, -0.15) is 0 Å². The molecule has 0 spiro atoms. The molecule has 4 nitrogen and oxygen atoms in total. The molecule has 3 heterocycles. The Balaban J connectivity index is 1.67. The Bertz CT molecular complexity index is 1110. The standard InChI is InChI=1S/C21H15ClN2O2S/c1-24-10-2-3-16-20(27-15-7-5-14(22)6-8-15)19(23-21(16)24)13-4-9-17-18(11-13)26-12-25-17/h2-11H,12H2,1H3. The fourth-order valence-electron chi connectivity index (χ4n) is 3.17. The molecule has 0 radical (unpaired) electrons. The van der Waals surface area contributed by atoms with Gasteiger partial charge in [0.05, 0.1) is 5.69 Å². The highest BCUT2D eigenvalue weighted by atomic mass is 35.5. The highest BCUT2D eigenvalue weighted by Crippen LogP contribution is 2.46. The van der Waals surface area contributed by atoms with E-state index in [2.05, 4.69) is 6.07 Å². The molecule has 0 bridgehead atoms. The van der Waals surface area contributed by atoms with Gasteiger partial charge in [0, 0.05) is 39.2 Å². The molecule has 0 aliphatic carbocycles. The number of aryl methyl sites for hydroxylation is 1. The lowest BCUT2D eigenvalue weighted by Crippen LogP contribution is -1.95. The SMILES string of the molecule is Cn1cccc2c(Sc3ccc(Cl)cc3)c(-c3ccc4c(c3)OCO4)nc1-2. The molecular weight excluding hydrogens is 380 g/mol. The predicted molar refractivity (Wildman–Crippen MR) is 107 cm³/mol. The fraction of sp³-hybridized carbons (Fsp3) is 0.0952. The fourth-order valence-corrected chi connectivity index (χ4v) is 4.33. The van der Waals surface area contributed by atoms with Crippen molar-refractivity contribution in [1.29, 1.82) is 0 Å². The summed E-state index contributed by atoms with van der Waals surface area (Å²) in [5.74, 6) is 2.47. The first-order valence-electron chi connectivity index (χ1n) is 8.47. The molecule has 6 heteroatoms. The molecule has 0 fully saturated rings. The molecule has 5 rings (SSSR count). The number of hydrogen-bond acceptors (Lipinski definition) is 4. The van der Waals surface area contributed by atoms with Crippen molar-refractivity contribution in [3.8, 4) is 34.1 Å². The first-order valence-corrected chi connectivity index (χ1v) is 9.67. The van der Waals surface area contributed by atoms with Crippen molar-refractivity contribution in [2.24, 2.45) is 7.05 Å². The maximum atomic E-state index is 6.04. The second-order valence-corrected chi connectivity index (χ2v) is 7.79. The van der Waals surface area contributed by atoms with Gasteiger partial charge in [-0.1, -0.05) is 23.4 Å². The van der Waals surface area contributed by atoms with Crippen LogP contribution in [0.4, 0.5) is 0 Å². The van der Waals surface area contributed by atoms with Crippen LogP contribution >= 0.6 is 23.4 Å². The topological polar surface area (TPSA) is 36.3 Å². The van der Waals surface area contributed by atoms with Crippen molar-refractivity contribution >= 4 is 23.4 Å². The molecule has 0 amide bonds. The van der Waals surface area contributed by atoms with Crippen LogP contribution in [0.1, 0.15) is 0 Å². The summed E-state index contributed by atoms with van der Waals surface area (Å²) in [6.07, 6.45) is 2.01. The van der Waals surface area contributed by atoms with E-state index >= 15 is 0 Å². The number of rotatable bonds is 3. The smallest absolute Gasteiger partial charge is 0.231 e. The summed E-state index contributed by atoms with van der Waals surface area (Å²) in [7, 11) is 2.01. The Hall–Kier alpha value is -2.63. The van der Waals surface area contributed by atoms with Crippen LogP contribution < -0.4 is 9.47 Å². The molecule has 0 saturated heterocycles. The molecule has 134 valence electrons. The van der Waals surface area contributed by atoms with E-state index in [0.29, 0.717) is 0 Å². The van der Waals surface area contributed by atoms with Gasteiger partial charge in [-0.05, 0) is 54.6 Å². The summed E-state index contributed by atoms with van der Waals surface area (Å²) in [4.78, 5) is 7.17. The molecule has 3 aliphatic heterocycles. The maximum Gasteiger partial charge on any atom is 0.231 e. The highest BCUT2D eigenvalue weighted by Gasteiger charge is 2.23. The molecule has 2 aromatic carbocycles. The quantitative estimate of drug-likeness (QED) is 0.445. The van der Waals surface area contributed by atoms with E-state index in [1.807, 2.05) is 66.3 Å². The number of aromatic nitrogens is 2. The third-order valence-corrected chi connectivity index (χ3v) is 5.88. The summed E-state index contributed by atoms with van der Waals surface area (Å²) in [6.45, 7) is 0.260. The summed E-state index contributed by atoms with van der Waals surface area (Å²) >= 11 is 7.73. The van der Waals surface area contributed by atoms with E-state index in [0.717, 1.165) is 49.0 Å². The molecule has 0 aromatic heterocycles. The molecular formula is C21H15ClN2O2S. The van der Waals surface area contributed by atoms with E-state index in [9.17, 15) is 0 Å². The summed E-state index contributed by atoms with van der Waals surface area (Å²) in [5, 5.41) is 0.729. The van der Waals surface area contributed by atoms with Crippen LogP contribution in [0.3, 0.4) is 0 Å². The number of fused-ring (bicyclic) bond motifs is 2. The van der Waals surface area contributed by atoms with Gasteiger partial charge in [0.2, 0.25) is 6.79 Å². The van der Waals surface area contributed by atoms with Crippen molar-refractivity contribution < 1.29 is 9.47 Å². The number of pyridine rings is 1. The molecule has 0 saturated carbocycles. The van der Waals surface area contributed by atoms with Crippen LogP contribution in [0.5, 0.6) is 11.5 Å². The van der Waals surface area contributed by atoms with Crippen molar-refractivity contribution in [1.82, 2.24) is 9.55 Å². The minimum absolute atomic E-state index is 0.260. The largest absolute Gasteiger partial charge is 0.454 e. The van der Waals surface area contributed by atoms with Crippen LogP contribution in [0.2, 0.25) is 5.02 Å². The van der Waals surface area contributed by atoms with Gasteiger partial charge < -0.3 is 14.0 Å². The van der Waals surface area contributed by atoms with Gasteiger partial charge in [0.15, 0.2) is 11.5 Å². The second kappa shape index (κ2) is 6.51. The lowest BCUT2D eigenvalue weighted by molar-refractivity contribution is 0.174. The summed E-state index contributed by atoms with van der Waals surface area (Å²) in [5.41, 5.74) is 3.06. The second-order valence-electron chi connectivity index (χ2n) is 6.27. The van der Waals surface area contributed by atoms with Crippen molar-refractivity contribution in [2.45, 2.75) is 9.79 Å². The van der Waals surface area contributed by atoms with E-state index in [-0.39, 0.29) is 6.79 Å². The molecule has 27 heavy (non-hydrogen) atoms.